The second-order valence-corrected chi connectivity index (χ2v) is 28.3. The van der Waals surface area contributed by atoms with Crippen LogP contribution in [-0.2, 0) is 28.5 Å². The average molecular weight is 1150 g/mol. The number of unbranched alkanes of at least 4 members (excludes halogenated alkanes) is 26. The standard InChI is InChI=1S/C34H60Cl2O3.C32H56Cl2O3/c1-3-5-7-9-11-13-15-17-27-38-29-19-23-32(24-20-29)31(37)33(34(32,35)36)25-21-30(22-26-33)39-28-18-16-14-12-10-8-6-4-2;1-3-5-7-9-11-13-15-25-36-27-17-21-30(22-18-27)29(35)31(32(30,33)34)23-19-28(20-24-31)37-26-16-14-12-10-8-6-4-2/h29-30H,3-28H2,1-2H3;27-28H,3-26H2,1-2H3. The summed E-state index contributed by atoms with van der Waals surface area (Å²) >= 11 is 28.5. The lowest BCUT2D eigenvalue weighted by Crippen LogP contribution is -2.74. The third-order valence-electron chi connectivity index (χ3n) is 20.2. The average Bonchev–Trinajstić information content (AvgIpc) is 3.45. The normalized spacial score (nSPS) is 30.7. The van der Waals surface area contributed by atoms with Crippen molar-refractivity contribution < 1.29 is 28.5 Å². The fourth-order valence-electron chi connectivity index (χ4n) is 15.0. The van der Waals surface area contributed by atoms with Crippen LogP contribution in [0.25, 0.3) is 0 Å². The molecular weight excluding hydrogens is 1030 g/mol. The van der Waals surface area contributed by atoms with Crippen molar-refractivity contribution in [2.45, 2.75) is 356 Å². The van der Waals surface area contributed by atoms with E-state index in [2.05, 4.69) is 27.7 Å². The predicted molar refractivity (Wildman–Crippen MR) is 323 cm³/mol. The van der Waals surface area contributed by atoms with Gasteiger partial charge in [0.1, 0.15) is 8.67 Å². The van der Waals surface area contributed by atoms with Crippen LogP contribution in [0.3, 0.4) is 0 Å². The van der Waals surface area contributed by atoms with Crippen LogP contribution in [0.5, 0.6) is 0 Å². The van der Waals surface area contributed by atoms with Gasteiger partial charge < -0.3 is 18.9 Å². The number of alkyl halides is 4. The quantitative estimate of drug-likeness (QED) is 0.0453. The molecule has 0 aliphatic heterocycles. The van der Waals surface area contributed by atoms with E-state index in [0.717, 1.165) is 155 Å². The molecule has 6 nitrogen and oxygen atoms in total. The summed E-state index contributed by atoms with van der Waals surface area (Å²) in [5, 5.41) is 0. The minimum atomic E-state index is -0.942. The van der Waals surface area contributed by atoms with Crippen LogP contribution < -0.4 is 0 Å². The number of hydrogen-bond acceptors (Lipinski definition) is 6. The van der Waals surface area contributed by atoms with Crippen molar-refractivity contribution in [1.29, 1.82) is 0 Å². The SMILES string of the molecule is CCCCCCCCCCOC1CCC2(CC1)C(=O)C1(CCC(OCCCCCCCCCC)CC1)C2(Cl)Cl.CCCCCCCCCOC1CCC2(CC1)C(=O)C1(CCC(OCCCCCCCCC)CC1)C2(Cl)Cl. The van der Waals surface area contributed by atoms with Gasteiger partial charge in [-0.05, 0) is 128 Å². The van der Waals surface area contributed by atoms with Crippen molar-refractivity contribution in [3.63, 3.8) is 0 Å². The Morgan fingerprint density at radius 3 is 0.605 bits per heavy atom. The lowest BCUT2D eigenvalue weighted by Gasteiger charge is -2.66. The third kappa shape index (κ3) is 17.7. The highest BCUT2D eigenvalue weighted by Gasteiger charge is 2.80. The van der Waals surface area contributed by atoms with Crippen molar-refractivity contribution >= 4 is 58.0 Å². The van der Waals surface area contributed by atoms with Crippen molar-refractivity contribution in [3.05, 3.63) is 0 Å². The second kappa shape index (κ2) is 35.5. The van der Waals surface area contributed by atoms with Gasteiger partial charge in [0.15, 0.2) is 11.6 Å². The summed E-state index contributed by atoms with van der Waals surface area (Å²) < 4.78 is 22.9. The molecule has 0 aromatic heterocycles. The molecule has 0 radical (unpaired) electrons. The first-order valence-electron chi connectivity index (χ1n) is 33.2. The van der Waals surface area contributed by atoms with E-state index in [-0.39, 0.29) is 24.4 Å². The summed E-state index contributed by atoms with van der Waals surface area (Å²) in [6, 6.07) is 0. The van der Waals surface area contributed by atoms with Gasteiger partial charge >= 0.3 is 0 Å². The van der Waals surface area contributed by atoms with Crippen LogP contribution in [0.1, 0.15) is 323 Å². The molecule has 0 aromatic carbocycles. The summed E-state index contributed by atoms with van der Waals surface area (Å²) in [6.45, 7) is 12.4. The van der Waals surface area contributed by atoms with Gasteiger partial charge in [0.05, 0.1) is 46.1 Å². The molecule has 0 atom stereocenters. The van der Waals surface area contributed by atoms with Crippen molar-refractivity contribution in [1.82, 2.24) is 0 Å². The Bertz CT molecular complexity index is 1450. The number of halogens is 4. The second-order valence-electron chi connectivity index (χ2n) is 25.6. The van der Waals surface area contributed by atoms with Crippen molar-refractivity contribution in [3.8, 4) is 0 Å². The fourth-order valence-corrected chi connectivity index (χ4v) is 17.2. The lowest BCUT2D eigenvalue weighted by molar-refractivity contribution is -0.177. The molecular formula is C66H116Cl4O6. The van der Waals surface area contributed by atoms with Gasteiger partial charge in [0, 0.05) is 26.4 Å². The fraction of sp³-hybridized carbons (Fsp3) is 0.970. The first kappa shape index (κ1) is 67.1. The molecule has 6 fully saturated rings. The van der Waals surface area contributed by atoms with Crippen LogP contribution in [0.2, 0.25) is 0 Å². The molecule has 76 heavy (non-hydrogen) atoms. The molecule has 0 aromatic rings. The van der Waals surface area contributed by atoms with E-state index in [1.807, 2.05) is 0 Å². The first-order chi connectivity index (χ1) is 36.9. The maximum absolute atomic E-state index is 13.7. The maximum atomic E-state index is 13.7. The zero-order chi connectivity index (χ0) is 54.6. The Hall–Kier alpha value is 0.340. The summed E-state index contributed by atoms with van der Waals surface area (Å²) in [7, 11) is 0. The molecule has 0 unspecified atom stereocenters. The van der Waals surface area contributed by atoms with E-state index in [1.54, 1.807) is 0 Å². The Morgan fingerprint density at radius 1 is 0.289 bits per heavy atom. The summed E-state index contributed by atoms with van der Waals surface area (Å²) in [5.41, 5.74) is -2.22. The predicted octanol–water partition coefficient (Wildman–Crippen LogP) is 21.1. The number of rotatable bonds is 38. The third-order valence-corrected chi connectivity index (χ3v) is 23.1. The van der Waals surface area contributed by atoms with Crippen LogP contribution >= 0.6 is 46.4 Å². The number of carbonyl (C=O) groups excluding carboxylic acids is 2. The number of carbonyl (C=O) groups is 2. The molecule has 0 N–H and O–H groups in total. The first-order valence-corrected chi connectivity index (χ1v) is 34.7. The molecule has 10 heteroatoms. The van der Waals surface area contributed by atoms with Gasteiger partial charge in [-0.2, -0.15) is 0 Å². The number of Topliss-reactive ketones (excluding diaryl/α,β-unsaturated/α-hetero) is 2. The zero-order valence-corrected chi connectivity index (χ0v) is 52.6. The smallest absolute Gasteiger partial charge is 0.151 e. The number of hydrogen-bond donors (Lipinski definition) is 0. The molecule has 4 spiro atoms. The Labute approximate surface area is 487 Å². The van der Waals surface area contributed by atoms with E-state index in [1.165, 1.54) is 167 Å². The Kier molecular flexibility index (Phi) is 31.3. The molecule has 6 aliphatic rings. The van der Waals surface area contributed by atoms with E-state index in [9.17, 15) is 9.59 Å². The van der Waals surface area contributed by atoms with Gasteiger partial charge in [-0.15, -0.1) is 0 Å². The van der Waals surface area contributed by atoms with E-state index in [4.69, 9.17) is 65.4 Å². The summed E-state index contributed by atoms with van der Waals surface area (Å²) in [6.07, 6.45) is 53.8. The van der Waals surface area contributed by atoms with Crippen LogP contribution in [0.15, 0.2) is 0 Å². The van der Waals surface area contributed by atoms with Crippen molar-refractivity contribution in [2.24, 2.45) is 21.7 Å². The summed E-state index contributed by atoms with van der Waals surface area (Å²) in [4.78, 5) is 27.5. The van der Waals surface area contributed by atoms with Crippen LogP contribution in [0, 0.1) is 21.7 Å². The van der Waals surface area contributed by atoms with Gasteiger partial charge in [-0.1, -0.05) is 241 Å². The molecule has 0 bridgehead atoms. The largest absolute Gasteiger partial charge is 0.378 e. The van der Waals surface area contributed by atoms with Gasteiger partial charge in [0.2, 0.25) is 0 Å². The van der Waals surface area contributed by atoms with Crippen LogP contribution in [0.4, 0.5) is 0 Å². The molecule has 0 heterocycles. The highest BCUT2D eigenvalue weighted by atomic mass is 35.5. The molecule has 6 aliphatic carbocycles. The highest BCUT2D eigenvalue weighted by Crippen LogP contribution is 2.75. The molecule has 0 saturated heterocycles. The minimum Gasteiger partial charge on any atom is -0.378 e. The number of ketones is 2. The van der Waals surface area contributed by atoms with E-state index in [0.29, 0.717) is 11.6 Å². The zero-order valence-electron chi connectivity index (χ0n) is 49.6. The highest BCUT2D eigenvalue weighted by molar-refractivity contribution is 6.55. The topological polar surface area (TPSA) is 71.1 Å². The van der Waals surface area contributed by atoms with Gasteiger partial charge in [0.25, 0.3) is 0 Å². The molecule has 6 saturated carbocycles. The maximum Gasteiger partial charge on any atom is 0.151 e. The monoisotopic (exact) mass is 1140 g/mol. The van der Waals surface area contributed by atoms with Crippen molar-refractivity contribution in [2.75, 3.05) is 26.4 Å². The summed E-state index contributed by atoms with van der Waals surface area (Å²) in [5.74, 6) is 0.698. The number of ether oxygens (including phenoxy) is 4. The van der Waals surface area contributed by atoms with Gasteiger partial charge in [-0.25, -0.2) is 0 Å². The lowest BCUT2D eigenvalue weighted by atomic mass is 9.43. The Morgan fingerprint density at radius 2 is 0.447 bits per heavy atom. The van der Waals surface area contributed by atoms with Crippen LogP contribution in [-0.4, -0.2) is 71.1 Å². The Balaban J connectivity index is 0.000000281. The minimum absolute atomic E-state index is 0.258. The van der Waals surface area contributed by atoms with E-state index < -0.39 is 30.3 Å². The molecule has 0 amide bonds. The van der Waals surface area contributed by atoms with E-state index >= 15 is 0 Å². The molecule has 6 rings (SSSR count). The van der Waals surface area contributed by atoms with Gasteiger partial charge in [-0.3, -0.25) is 9.59 Å². The molecule has 444 valence electrons.